The van der Waals surface area contributed by atoms with Crippen LogP contribution in [0.3, 0.4) is 0 Å². The predicted octanol–water partition coefficient (Wildman–Crippen LogP) is 11.3. The van der Waals surface area contributed by atoms with E-state index in [-0.39, 0.29) is 0 Å². The molecule has 9 rings (SSSR count). The molecule has 0 aliphatic rings. The molecule has 0 radical (unpaired) electrons. The molecule has 4 heterocycles. The minimum atomic E-state index is 0.655. The Kier molecular flexibility index (Phi) is 7.63. The summed E-state index contributed by atoms with van der Waals surface area (Å²) in [6.07, 6.45) is 1.79. The van der Waals surface area contributed by atoms with Gasteiger partial charge in [0, 0.05) is 39.2 Å². The number of hydrogen-bond acceptors (Lipinski definition) is 5. The second-order valence-electron chi connectivity index (χ2n) is 12.6. The highest BCUT2D eigenvalue weighted by Gasteiger charge is 2.14. The summed E-state index contributed by atoms with van der Waals surface area (Å²) in [5, 5.41) is 2.19. The zero-order chi connectivity index (χ0) is 34.1. The van der Waals surface area contributed by atoms with Crippen LogP contribution in [0.1, 0.15) is 5.56 Å². The van der Waals surface area contributed by atoms with E-state index < -0.39 is 0 Å². The van der Waals surface area contributed by atoms with Crippen LogP contribution in [0.15, 0.2) is 170 Å². The summed E-state index contributed by atoms with van der Waals surface area (Å²) in [5.74, 6) is 0.655. The fourth-order valence-corrected chi connectivity index (χ4v) is 6.61. The highest BCUT2D eigenvalue weighted by molar-refractivity contribution is 6.05. The van der Waals surface area contributed by atoms with E-state index >= 15 is 0 Å². The molecule has 51 heavy (non-hydrogen) atoms. The topological polar surface area (TPSA) is 64.5 Å². The molecule has 0 saturated carbocycles. The fraction of sp³-hybridized carbons (Fsp3) is 0.0217. The van der Waals surface area contributed by atoms with E-state index in [9.17, 15) is 0 Å². The van der Waals surface area contributed by atoms with Crippen molar-refractivity contribution >= 4 is 21.8 Å². The van der Waals surface area contributed by atoms with Gasteiger partial charge < -0.3 is 0 Å². The van der Waals surface area contributed by atoms with Crippen molar-refractivity contribution in [2.24, 2.45) is 0 Å². The molecule has 0 atom stereocenters. The number of nitrogens with zero attached hydrogens (tertiary/aromatic N) is 5. The molecule has 5 heteroatoms. The Balaban J connectivity index is 1.08. The molecule has 0 saturated heterocycles. The lowest BCUT2D eigenvalue weighted by Crippen LogP contribution is -1.97. The van der Waals surface area contributed by atoms with Crippen LogP contribution in [0.2, 0.25) is 0 Å². The summed E-state index contributed by atoms with van der Waals surface area (Å²) < 4.78 is 0. The lowest BCUT2D eigenvalue weighted by molar-refractivity contribution is 1.16. The van der Waals surface area contributed by atoms with Gasteiger partial charge in [-0.15, -0.1) is 0 Å². The normalized spacial score (nSPS) is 11.2. The first-order valence-electron chi connectivity index (χ1n) is 17.0. The monoisotopic (exact) mass is 653 g/mol. The molecule has 9 aromatic rings. The number of hydrogen-bond donors (Lipinski definition) is 0. The van der Waals surface area contributed by atoms with Crippen molar-refractivity contribution in [3.8, 4) is 67.7 Å². The number of aromatic nitrogens is 5. The first-order chi connectivity index (χ1) is 25.2. The quantitative estimate of drug-likeness (QED) is 0.167. The molecule has 0 amide bonds. The van der Waals surface area contributed by atoms with E-state index in [1.807, 2.05) is 60.7 Å². The molecule has 0 bridgehead atoms. The lowest BCUT2D eigenvalue weighted by Gasteiger charge is -2.11. The van der Waals surface area contributed by atoms with Crippen molar-refractivity contribution < 1.29 is 0 Å². The summed E-state index contributed by atoms with van der Waals surface area (Å²) in [6, 6.07) is 56.1. The van der Waals surface area contributed by atoms with Crippen molar-refractivity contribution in [2.75, 3.05) is 0 Å². The van der Waals surface area contributed by atoms with Gasteiger partial charge in [-0.1, -0.05) is 127 Å². The molecule has 0 aliphatic heterocycles. The highest BCUT2D eigenvalue weighted by Crippen LogP contribution is 2.33. The van der Waals surface area contributed by atoms with Gasteiger partial charge in [0.1, 0.15) is 0 Å². The van der Waals surface area contributed by atoms with Crippen LogP contribution in [-0.4, -0.2) is 24.9 Å². The zero-order valence-electron chi connectivity index (χ0n) is 27.9. The Morgan fingerprint density at radius 1 is 0.353 bits per heavy atom. The van der Waals surface area contributed by atoms with Crippen LogP contribution < -0.4 is 0 Å². The Bertz CT molecular complexity index is 2620. The molecule has 0 N–H and O–H groups in total. The Morgan fingerprint density at radius 2 is 0.961 bits per heavy atom. The van der Waals surface area contributed by atoms with Gasteiger partial charge in [0.05, 0.1) is 39.5 Å². The summed E-state index contributed by atoms with van der Waals surface area (Å²) in [5.41, 5.74) is 13.6. The van der Waals surface area contributed by atoms with Gasteiger partial charge >= 0.3 is 0 Å². The van der Waals surface area contributed by atoms with Gasteiger partial charge in [0.25, 0.3) is 0 Å². The molecule has 0 fully saturated rings. The number of pyridine rings is 3. The van der Waals surface area contributed by atoms with E-state index in [0.29, 0.717) is 5.82 Å². The number of benzene rings is 5. The van der Waals surface area contributed by atoms with Crippen molar-refractivity contribution in [1.29, 1.82) is 0 Å². The number of fused-ring (bicyclic) bond motifs is 3. The third-order valence-corrected chi connectivity index (χ3v) is 9.27. The number of aryl methyl sites for hydroxylation is 1. The van der Waals surface area contributed by atoms with Crippen molar-refractivity contribution in [3.63, 3.8) is 0 Å². The van der Waals surface area contributed by atoms with Crippen LogP contribution >= 0.6 is 0 Å². The van der Waals surface area contributed by atoms with Crippen molar-refractivity contribution in [1.82, 2.24) is 24.9 Å². The largest absolute Gasteiger partial charge is 0.255 e. The molecule has 5 aromatic carbocycles. The highest BCUT2D eigenvalue weighted by atomic mass is 14.9. The van der Waals surface area contributed by atoms with Crippen LogP contribution in [0.4, 0.5) is 0 Å². The Morgan fingerprint density at radius 3 is 1.73 bits per heavy atom. The third-order valence-electron chi connectivity index (χ3n) is 9.27. The molecule has 5 nitrogen and oxygen atoms in total. The molecule has 0 spiro atoms. The lowest BCUT2D eigenvalue weighted by atomic mass is 9.99. The summed E-state index contributed by atoms with van der Waals surface area (Å²) in [7, 11) is 0. The average Bonchev–Trinajstić information content (AvgIpc) is 3.21. The Labute approximate surface area is 296 Å². The van der Waals surface area contributed by atoms with Crippen LogP contribution in [0, 0.1) is 6.92 Å². The van der Waals surface area contributed by atoms with Crippen LogP contribution in [-0.2, 0) is 0 Å². The number of rotatable bonds is 6. The van der Waals surface area contributed by atoms with Gasteiger partial charge in [-0.05, 0) is 60.0 Å². The van der Waals surface area contributed by atoms with Crippen LogP contribution in [0.25, 0.3) is 89.5 Å². The Hall–Kier alpha value is -6.85. The zero-order valence-corrected chi connectivity index (χ0v) is 27.9. The molecule has 0 aliphatic carbocycles. The maximum absolute atomic E-state index is 5.21. The van der Waals surface area contributed by atoms with Gasteiger partial charge in [-0.25, -0.2) is 19.9 Å². The summed E-state index contributed by atoms with van der Waals surface area (Å²) in [4.78, 5) is 24.9. The van der Waals surface area contributed by atoms with Crippen molar-refractivity contribution in [3.05, 3.63) is 176 Å². The minimum Gasteiger partial charge on any atom is -0.255 e. The second-order valence-corrected chi connectivity index (χ2v) is 12.6. The standard InChI is InChI=1S/C46H31N5/c1-30-27-41(49-45-38(30)24-22-35-23-25-39(48-44(35)45)32-11-4-2-5-12-32)34-20-18-31(19-21-34)36-15-10-16-37(28-36)46-50-42(33-13-6-3-7-14-33)29-43(51-46)40-17-8-9-26-47-40/h2-29H,1H3. The summed E-state index contributed by atoms with van der Waals surface area (Å²) in [6.45, 7) is 2.15. The molecule has 240 valence electrons. The first-order valence-corrected chi connectivity index (χ1v) is 17.0. The van der Waals surface area contributed by atoms with Gasteiger partial charge in [-0.3, -0.25) is 4.98 Å². The predicted molar refractivity (Wildman–Crippen MR) is 208 cm³/mol. The molecule has 4 aromatic heterocycles. The SMILES string of the molecule is Cc1cc(-c2ccc(-c3cccc(-c4nc(-c5ccccc5)cc(-c5ccccn5)n4)c3)cc2)nc2c1ccc1ccc(-c3ccccc3)nc12. The van der Waals surface area contributed by atoms with E-state index in [4.69, 9.17) is 19.9 Å². The van der Waals surface area contributed by atoms with E-state index in [2.05, 4.69) is 115 Å². The average molecular weight is 654 g/mol. The maximum atomic E-state index is 5.21. The molecular formula is C46H31N5. The van der Waals surface area contributed by atoms with Gasteiger partial charge in [-0.2, -0.15) is 0 Å². The second kappa shape index (κ2) is 12.9. The van der Waals surface area contributed by atoms with Gasteiger partial charge in [0.2, 0.25) is 0 Å². The minimum absolute atomic E-state index is 0.655. The first kappa shape index (κ1) is 30.2. The maximum Gasteiger partial charge on any atom is 0.160 e. The van der Waals surface area contributed by atoms with E-state index in [1.165, 1.54) is 5.56 Å². The smallest absolute Gasteiger partial charge is 0.160 e. The van der Waals surface area contributed by atoms with Crippen molar-refractivity contribution in [2.45, 2.75) is 6.92 Å². The van der Waals surface area contributed by atoms with E-state index in [0.717, 1.165) is 83.7 Å². The van der Waals surface area contributed by atoms with Crippen LogP contribution in [0.5, 0.6) is 0 Å². The third kappa shape index (κ3) is 5.91. The molecular weight excluding hydrogens is 623 g/mol. The molecule has 0 unspecified atom stereocenters. The van der Waals surface area contributed by atoms with E-state index in [1.54, 1.807) is 6.20 Å². The summed E-state index contributed by atoms with van der Waals surface area (Å²) >= 11 is 0. The fourth-order valence-electron chi connectivity index (χ4n) is 6.61. The van der Waals surface area contributed by atoms with Gasteiger partial charge in [0.15, 0.2) is 5.82 Å².